The van der Waals surface area contributed by atoms with Crippen LogP contribution < -0.4 is 15.0 Å². The largest absolute Gasteiger partial charge is 0.497 e. The molecule has 0 bridgehead atoms. The summed E-state index contributed by atoms with van der Waals surface area (Å²) in [4.78, 5) is 2.25. The van der Waals surface area contributed by atoms with Crippen LogP contribution in [0.5, 0.6) is 5.75 Å². The van der Waals surface area contributed by atoms with Crippen molar-refractivity contribution in [3.63, 3.8) is 0 Å². The molecule has 1 saturated heterocycles. The summed E-state index contributed by atoms with van der Waals surface area (Å²) in [5, 5.41) is 3.36. The van der Waals surface area contributed by atoms with Crippen LogP contribution in [-0.4, -0.2) is 46.0 Å². The van der Waals surface area contributed by atoms with Gasteiger partial charge in [0.05, 0.1) is 19.3 Å². The molecule has 1 aromatic carbocycles. The summed E-state index contributed by atoms with van der Waals surface area (Å²) < 4.78 is 11.3. The molecule has 1 N–H and O–H groups in total. The molecule has 0 aromatic heterocycles. The first-order valence-electron chi connectivity index (χ1n) is 7.44. The fraction of sp³-hybridized carbons (Fsp3) is 0.625. The molecule has 2 atom stereocenters. The number of nitrogens with one attached hydrogen (secondary N) is 1. The summed E-state index contributed by atoms with van der Waals surface area (Å²) in [7, 11) is 3.80. The van der Waals surface area contributed by atoms with Gasteiger partial charge in [0.15, 0.2) is 0 Å². The molecule has 4 heteroatoms. The van der Waals surface area contributed by atoms with Crippen LogP contribution in [0.15, 0.2) is 24.3 Å². The third-order valence-corrected chi connectivity index (χ3v) is 3.81. The third kappa shape index (κ3) is 4.12. The second kappa shape index (κ2) is 7.50. The Morgan fingerprint density at radius 3 is 2.60 bits per heavy atom. The van der Waals surface area contributed by atoms with Gasteiger partial charge in [-0.05, 0) is 43.7 Å². The van der Waals surface area contributed by atoms with E-state index in [4.69, 9.17) is 9.47 Å². The number of benzene rings is 1. The number of anilines is 1. The number of ether oxygens (including phenoxy) is 2. The minimum atomic E-state index is 0.339. The first-order chi connectivity index (χ1) is 9.72. The molecule has 1 aliphatic rings. The van der Waals surface area contributed by atoms with Gasteiger partial charge in [-0.2, -0.15) is 0 Å². The average molecular weight is 278 g/mol. The molecule has 0 amide bonds. The fourth-order valence-corrected chi connectivity index (χ4v) is 2.62. The van der Waals surface area contributed by atoms with Crippen molar-refractivity contribution in [3.8, 4) is 5.75 Å². The Balaban J connectivity index is 1.80. The number of hydrogen-bond acceptors (Lipinski definition) is 4. The van der Waals surface area contributed by atoms with Gasteiger partial charge < -0.3 is 19.7 Å². The monoisotopic (exact) mass is 278 g/mol. The van der Waals surface area contributed by atoms with Gasteiger partial charge in [0.25, 0.3) is 0 Å². The van der Waals surface area contributed by atoms with Gasteiger partial charge in [-0.25, -0.2) is 0 Å². The van der Waals surface area contributed by atoms with Gasteiger partial charge in [0.2, 0.25) is 0 Å². The Kier molecular flexibility index (Phi) is 5.68. The zero-order chi connectivity index (χ0) is 14.4. The van der Waals surface area contributed by atoms with Crippen molar-refractivity contribution in [2.45, 2.75) is 32.0 Å². The van der Waals surface area contributed by atoms with Crippen molar-refractivity contribution in [2.75, 3.05) is 38.7 Å². The summed E-state index contributed by atoms with van der Waals surface area (Å²) in [5.74, 6) is 0.893. The molecule has 1 fully saturated rings. The summed E-state index contributed by atoms with van der Waals surface area (Å²) in [5.41, 5.74) is 1.20. The fourth-order valence-electron chi connectivity index (χ4n) is 2.62. The van der Waals surface area contributed by atoms with Crippen molar-refractivity contribution in [3.05, 3.63) is 24.3 Å². The van der Waals surface area contributed by atoms with E-state index in [1.54, 1.807) is 7.11 Å². The highest BCUT2D eigenvalue weighted by atomic mass is 16.5. The van der Waals surface area contributed by atoms with Crippen LogP contribution in [0, 0.1) is 0 Å². The van der Waals surface area contributed by atoms with E-state index in [-0.39, 0.29) is 0 Å². The zero-order valence-corrected chi connectivity index (χ0v) is 12.8. The van der Waals surface area contributed by atoms with Crippen LogP contribution in [0.4, 0.5) is 5.69 Å². The van der Waals surface area contributed by atoms with E-state index < -0.39 is 0 Å². The molecule has 1 aliphatic heterocycles. The molecular weight excluding hydrogens is 252 g/mol. The molecule has 20 heavy (non-hydrogen) atoms. The lowest BCUT2D eigenvalue weighted by Crippen LogP contribution is -2.31. The minimum absolute atomic E-state index is 0.339. The van der Waals surface area contributed by atoms with Gasteiger partial charge in [0, 0.05) is 25.8 Å². The van der Waals surface area contributed by atoms with Gasteiger partial charge >= 0.3 is 0 Å². The van der Waals surface area contributed by atoms with Crippen molar-refractivity contribution in [1.29, 1.82) is 0 Å². The standard InChI is InChI=1S/C16H26N2O2/c1-4-17-11-15-9-10-16(20-15)12-18(2)13-5-7-14(19-3)8-6-13/h5-8,15-17H,4,9-12H2,1-3H3. The highest BCUT2D eigenvalue weighted by molar-refractivity contribution is 5.48. The van der Waals surface area contributed by atoms with Crippen LogP contribution in [0.25, 0.3) is 0 Å². The topological polar surface area (TPSA) is 33.7 Å². The van der Waals surface area contributed by atoms with Crippen LogP contribution in [0.2, 0.25) is 0 Å². The SMILES string of the molecule is CCNCC1CCC(CN(C)c2ccc(OC)cc2)O1. The number of hydrogen-bond donors (Lipinski definition) is 1. The Morgan fingerprint density at radius 1 is 1.25 bits per heavy atom. The zero-order valence-electron chi connectivity index (χ0n) is 12.8. The van der Waals surface area contributed by atoms with Crippen LogP contribution >= 0.6 is 0 Å². The summed E-state index contributed by atoms with van der Waals surface area (Å²) in [6.45, 7) is 5.05. The van der Waals surface area contributed by atoms with Gasteiger partial charge in [-0.3, -0.25) is 0 Å². The van der Waals surface area contributed by atoms with E-state index in [1.165, 1.54) is 5.69 Å². The molecule has 0 radical (unpaired) electrons. The Hall–Kier alpha value is -1.26. The number of rotatable bonds is 7. The predicted molar refractivity (Wildman–Crippen MR) is 82.7 cm³/mol. The van der Waals surface area contributed by atoms with Gasteiger partial charge in [0.1, 0.15) is 5.75 Å². The highest BCUT2D eigenvalue weighted by Gasteiger charge is 2.25. The molecular formula is C16H26N2O2. The van der Waals surface area contributed by atoms with Gasteiger partial charge in [-0.15, -0.1) is 0 Å². The molecule has 2 rings (SSSR count). The summed E-state index contributed by atoms with van der Waals surface area (Å²) in [6.07, 6.45) is 3.03. The molecule has 1 aromatic rings. The van der Waals surface area contributed by atoms with Crippen LogP contribution in [0.3, 0.4) is 0 Å². The second-order valence-corrected chi connectivity index (χ2v) is 5.34. The van der Waals surface area contributed by atoms with Crippen LogP contribution in [0.1, 0.15) is 19.8 Å². The smallest absolute Gasteiger partial charge is 0.119 e. The van der Waals surface area contributed by atoms with E-state index >= 15 is 0 Å². The maximum Gasteiger partial charge on any atom is 0.119 e. The maximum atomic E-state index is 6.07. The van der Waals surface area contributed by atoms with Crippen molar-refractivity contribution < 1.29 is 9.47 Å². The summed E-state index contributed by atoms with van der Waals surface area (Å²) in [6, 6.07) is 8.17. The Labute approximate surface area is 122 Å². The van der Waals surface area contributed by atoms with Crippen molar-refractivity contribution in [2.24, 2.45) is 0 Å². The van der Waals surface area contributed by atoms with Crippen molar-refractivity contribution >= 4 is 5.69 Å². The number of methoxy groups -OCH3 is 1. The lowest BCUT2D eigenvalue weighted by atomic mass is 10.2. The maximum absolute atomic E-state index is 6.07. The normalized spacial score (nSPS) is 21.9. The Morgan fingerprint density at radius 2 is 1.95 bits per heavy atom. The predicted octanol–water partition coefficient (Wildman–Crippen LogP) is 2.29. The molecule has 4 nitrogen and oxygen atoms in total. The van der Waals surface area contributed by atoms with E-state index in [0.29, 0.717) is 12.2 Å². The van der Waals surface area contributed by atoms with E-state index in [1.807, 2.05) is 12.1 Å². The summed E-state index contributed by atoms with van der Waals surface area (Å²) >= 11 is 0. The number of likely N-dealkylation sites (N-methyl/N-ethyl adjacent to an activating group) is 2. The number of nitrogens with zero attached hydrogens (tertiary/aromatic N) is 1. The van der Waals surface area contributed by atoms with E-state index in [9.17, 15) is 0 Å². The van der Waals surface area contributed by atoms with Crippen LogP contribution in [-0.2, 0) is 4.74 Å². The molecule has 0 spiro atoms. The van der Waals surface area contributed by atoms with Crippen molar-refractivity contribution in [1.82, 2.24) is 5.32 Å². The average Bonchev–Trinajstić information content (AvgIpc) is 2.92. The highest BCUT2D eigenvalue weighted by Crippen LogP contribution is 2.23. The second-order valence-electron chi connectivity index (χ2n) is 5.34. The first-order valence-corrected chi connectivity index (χ1v) is 7.44. The van der Waals surface area contributed by atoms with E-state index in [2.05, 4.69) is 36.3 Å². The molecule has 0 saturated carbocycles. The quantitative estimate of drug-likeness (QED) is 0.830. The van der Waals surface area contributed by atoms with Gasteiger partial charge in [-0.1, -0.05) is 6.92 Å². The lowest BCUT2D eigenvalue weighted by molar-refractivity contribution is 0.0503. The first kappa shape index (κ1) is 15.1. The Bertz CT molecular complexity index is 394. The lowest BCUT2D eigenvalue weighted by Gasteiger charge is -2.23. The molecule has 112 valence electrons. The molecule has 2 unspecified atom stereocenters. The molecule has 1 heterocycles. The molecule has 0 aliphatic carbocycles. The minimum Gasteiger partial charge on any atom is -0.497 e. The third-order valence-electron chi connectivity index (χ3n) is 3.81. The van der Waals surface area contributed by atoms with E-state index in [0.717, 1.165) is 38.2 Å².